The largest absolute Gasteiger partial charge is 1.00 e. The van der Waals surface area contributed by atoms with Gasteiger partial charge in [-0.2, -0.15) is 0 Å². The van der Waals surface area contributed by atoms with Gasteiger partial charge < -0.3 is 9.90 Å². The Hall–Kier alpha value is -0.380. The van der Waals surface area contributed by atoms with Crippen LogP contribution in [-0.4, -0.2) is 11.0 Å². The van der Waals surface area contributed by atoms with Gasteiger partial charge in [-0.1, -0.05) is 0 Å². The Bertz CT molecular complexity index is 313. The molecule has 3 nitrogen and oxygen atoms in total. The number of hydrogen-bond donors (Lipinski definition) is 0. The summed E-state index contributed by atoms with van der Waals surface area (Å²) in [6, 6.07) is 1.73. The quantitative estimate of drug-likeness (QED) is 0.452. The van der Waals surface area contributed by atoms with Crippen molar-refractivity contribution in [2.24, 2.45) is 0 Å². The van der Waals surface area contributed by atoms with Gasteiger partial charge in [0.2, 0.25) is 0 Å². The molecular formula is C9H10NNaO2. The molecule has 0 fully saturated rings. The number of carboxylic acids is 1. The van der Waals surface area contributed by atoms with Crippen LogP contribution in [0.1, 0.15) is 27.3 Å². The molecule has 0 radical (unpaired) electrons. The van der Waals surface area contributed by atoms with E-state index in [1.807, 2.05) is 6.92 Å². The normalized spacial score (nSPS) is 9.15. The molecule has 0 saturated carbocycles. The number of aromatic nitrogens is 1. The molecule has 4 heteroatoms. The molecule has 0 aliphatic heterocycles. The minimum absolute atomic E-state index is 0. The summed E-state index contributed by atoms with van der Waals surface area (Å²) in [6.07, 6.45) is 0. The summed E-state index contributed by atoms with van der Waals surface area (Å²) in [4.78, 5) is 14.6. The van der Waals surface area contributed by atoms with Gasteiger partial charge in [-0.15, -0.1) is 0 Å². The van der Waals surface area contributed by atoms with Crippen LogP contribution < -0.4 is 34.7 Å². The monoisotopic (exact) mass is 187 g/mol. The van der Waals surface area contributed by atoms with Gasteiger partial charge >= 0.3 is 29.6 Å². The number of carboxylic acid groups (broad SMARTS) is 1. The van der Waals surface area contributed by atoms with E-state index in [4.69, 9.17) is 0 Å². The van der Waals surface area contributed by atoms with Crippen molar-refractivity contribution in [3.05, 3.63) is 28.6 Å². The Kier molecular flexibility index (Phi) is 4.61. The molecule has 1 aromatic heterocycles. The number of aryl methyl sites for hydroxylation is 3. The average molecular weight is 187 g/mol. The zero-order valence-corrected chi connectivity index (χ0v) is 10.3. The van der Waals surface area contributed by atoms with Gasteiger partial charge in [0.05, 0.1) is 5.97 Å². The predicted octanol–water partition coefficient (Wildman–Crippen LogP) is -2.63. The summed E-state index contributed by atoms with van der Waals surface area (Å²) in [5.74, 6) is -1.16. The van der Waals surface area contributed by atoms with E-state index < -0.39 is 5.97 Å². The number of carbonyl (C=O) groups excluding carboxylic acids is 1. The van der Waals surface area contributed by atoms with E-state index in [2.05, 4.69) is 4.98 Å². The van der Waals surface area contributed by atoms with Crippen molar-refractivity contribution in [3.8, 4) is 0 Å². The van der Waals surface area contributed by atoms with E-state index in [0.29, 0.717) is 11.3 Å². The topological polar surface area (TPSA) is 53.0 Å². The van der Waals surface area contributed by atoms with Gasteiger partial charge in [0.25, 0.3) is 0 Å². The molecular weight excluding hydrogens is 177 g/mol. The van der Waals surface area contributed by atoms with Crippen molar-refractivity contribution in [1.82, 2.24) is 4.98 Å². The molecule has 0 aliphatic carbocycles. The van der Waals surface area contributed by atoms with Gasteiger partial charge in [-0.25, -0.2) is 0 Å². The Morgan fingerprint density at radius 2 is 1.92 bits per heavy atom. The van der Waals surface area contributed by atoms with Crippen LogP contribution in [0.2, 0.25) is 0 Å². The molecule has 0 amide bonds. The molecule has 13 heavy (non-hydrogen) atoms. The van der Waals surface area contributed by atoms with Crippen molar-refractivity contribution < 1.29 is 39.5 Å². The van der Waals surface area contributed by atoms with Crippen molar-refractivity contribution in [2.75, 3.05) is 0 Å². The maximum absolute atomic E-state index is 10.6. The minimum Gasteiger partial charge on any atom is -0.545 e. The number of aromatic carboxylic acids is 1. The molecule has 0 N–H and O–H groups in total. The number of rotatable bonds is 1. The fourth-order valence-electron chi connectivity index (χ4n) is 1.33. The van der Waals surface area contributed by atoms with Crippen LogP contribution in [0.3, 0.4) is 0 Å². The second-order valence-corrected chi connectivity index (χ2v) is 2.83. The van der Waals surface area contributed by atoms with Crippen LogP contribution in [0.5, 0.6) is 0 Å². The van der Waals surface area contributed by atoms with Crippen LogP contribution in [0.15, 0.2) is 6.07 Å². The smallest absolute Gasteiger partial charge is 0.545 e. The number of nitrogens with zero attached hydrogens (tertiary/aromatic N) is 1. The second kappa shape index (κ2) is 4.74. The van der Waals surface area contributed by atoms with Crippen LogP contribution in [0, 0.1) is 20.8 Å². The zero-order valence-electron chi connectivity index (χ0n) is 8.34. The van der Waals surface area contributed by atoms with Crippen LogP contribution in [0.25, 0.3) is 0 Å². The van der Waals surface area contributed by atoms with Crippen molar-refractivity contribution in [2.45, 2.75) is 20.8 Å². The molecule has 1 aromatic rings. The van der Waals surface area contributed by atoms with E-state index in [1.165, 1.54) is 0 Å². The third-order valence-corrected chi connectivity index (χ3v) is 1.73. The first-order chi connectivity index (χ1) is 5.52. The van der Waals surface area contributed by atoms with Crippen LogP contribution >= 0.6 is 0 Å². The number of hydrogen-bond acceptors (Lipinski definition) is 3. The molecule has 0 aromatic carbocycles. The summed E-state index contributed by atoms with van der Waals surface area (Å²) in [7, 11) is 0. The first-order valence-electron chi connectivity index (χ1n) is 3.68. The molecule has 0 atom stereocenters. The zero-order chi connectivity index (χ0) is 9.30. The average Bonchev–Trinajstić information content (AvgIpc) is 1.82. The molecule has 0 saturated heterocycles. The maximum Gasteiger partial charge on any atom is 1.00 e. The van der Waals surface area contributed by atoms with Crippen molar-refractivity contribution in [1.29, 1.82) is 0 Å². The summed E-state index contributed by atoms with van der Waals surface area (Å²) < 4.78 is 0. The van der Waals surface area contributed by atoms with Crippen LogP contribution in [-0.2, 0) is 0 Å². The van der Waals surface area contributed by atoms with E-state index in [9.17, 15) is 9.90 Å². The standard InChI is InChI=1S/C9H11NO2.Na/c1-5-4-6(2)10-7(3)8(5)9(11)12;/h4H,1-3H3,(H,11,12);/q;+1/p-1. The molecule has 1 rings (SSSR count). The maximum atomic E-state index is 10.6. The first kappa shape index (κ1) is 12.6. The SMILES string of the molecule is Cc1cc(C)c(C(=O)[O-])c(C)n1.[Na+]. The molecule has 64 valence electrons. The van der Waals surface area contributed by atoms with Gasteiger partial charge in [-0.3, -0.25) is 4.98 Å². The first-order valence-corrected chi connectivity index (χ1v) is 3.68. The molecule has 0 aliphatic rings. The fraction of sp³-hybridized carbons (Fsp3) is 0.333. The van der Waals surface area contributed by atoms with Crippen molar-refractivity contribution in [3.63, 3.8) is 0 Å². The summed E-state index contributed by atoms with van der Waals surface area (Å²) in [5.41, 5.74) is 2.27. The summed E-state index contributed by atoms with van der Waals surface area (Å²) in [6.45, 7) is 5.25. The number of carbonyl (C=O) groups is 1. The fourth-order valence-corrected chi connectivity index (χ4v) is 1.33. The Morgan fingerprint density at radius 3 is 2.31 bits per heavy atom. The molecule has 1 heterocycles. The Balaban J connectivity index is 0.00000144. The third kappa shape index (κ3) is 2.79. The molecule has 0 unspecified atom stereocenters. The van der Waals surface area contributed by atoms with E-state index >= 15 is 0 Å². The van der Waals surface area contributed by atoms with Gasteiger partial charge in [-0.05, 0) is 32.4 Å². The third-order valence-electron chi connectivity index (χ3n) is 1.73. The van der Waals surface area contributed by atoms with E-state index in [0.717, 1.165) is 5.69 Å². The Morgan fingerprint density at radius 1 is 1.38 bits per heavy atom. The molecule has 0 spiro atoms. The van der Waals surface area contributed by atoms with Gasteiger partial charge in [0.15, 0.2) is 0 Å². The Labute approximate surface area is 99.5 Å². The van der Waals surface area contributed by atoms with Gasteiger partial charge in [0.1, 0.15) is 0 Å². The summed E-state index contributed by atoms with van der Waals surface area (Å²) in [5, 5.41) is 10.6. The van der Waals surface area contributed by atoms with E-state index in [-0.39, 0.29) is 35.1 Å². The van der Waals surface area contributed by atoms with Crippen LogP contribution in [0.4, 0.5) is 0 Å². The van der Waals surface area contributed by atoms with Gasteiger partial charge in [0, 0.05) is 17.0 Å². The second-order valence-electron chi connectivity index (χ2n) is 2.83. The number of pyridine rings is 1. The van der Waals surface area contributed by atoms with E-state index in [1.54, 1.807) is 19.9 Å². The van der Waals surface area contributed by atoms with Crippen molar-refractivity contribution >= 4 is 5.97 Å². The summed E-state index contributed by atoms with van der Waals surface area (Å²) >= 11 is 0. The predicted molar refractivity (Wildman–Crippen MR) is 42.8 cm³/mol. The molecule has 0 bridgehead atoms. The minimum atomic E-state index is -1.16.